The maximum absolute atomic E-state index is 14.2. The predicted octanol–water partition coefficient (Wildman–Crippen LogP) is 5.16. The highest BCUT2D eigenvalue weighted by atomic mass is 19.1. The number of aromatic nitrogens is 1. The van der Waals surface area contributed by atoms with Gasteiger partial charge in [0, 0.05) is 59.2 Å². The summed E-state index contributed by atoms with van der Waals surface area (Å²) in [6, 6.07) is 6.62. The Bertz CT molecular complexity index is 1070. The van der Waals surface area contributed by atoms with E-state index in [9.17, 15) is 4.39 Å². The number of fused-ring (bicyclic) bond motifs is 3. The molecule has 1 aromatic carbocycles. The van der Waals surface area contributed by atoms with Gasteiger partial charge in [0.25, 0.3) is 0 Å². The number of benzene rings is 1. The molecule has 6 heteroatoms. The fraction of sp³-hybridized carbons (Fsp3) is 0.280. The summed E-state index contributed by atoms with van der Waals surface area (Å²) in [5, 5.41) is 14.8. The first-order valence-electron chi connectivity index (χ1n) is 10.4. The predicted molar refractivity (Wildman–Crippen MR) is 125 cm³/mol. The number of nitrogens with zero attached hydrogens (tertiary/aromatic N) is 1. The molecule has 1 aliphatic heterocycles. The van der Waals surface area contributed by atoms with E-state index in [-0.39, 0.29) is 5.82 Å². The Morgan fingerprint density at radius 3 is 2.87 bits per heavy atom. The van der Waals surface area contributed by atoms with Crippen LogP contribution in [0.15, 0.2) is 54.3 Å². The SMILES string of the molecule is C=C(C)/C=C1\NC/C(C=N)=C(/NCC)c2cnc(C)c(c2)O[C@H](C)c2cc(F)ccc21. The summed E-state index contributed by atoms with van der Waals surface area (Å²) in [4.78, 5) is 4.50. The molecule has 0 saturated carbocycles. The molecule has 0 spiro atoms. The normalized spacial score (nSPS) is 19.9. The van der Waals surface area contributed by atoms with Gasteiger partial charge in [-0.1, -0.05) is 12.2 Å². The molecule has 5 nitrogen and oxygen atoms in total. The Balaban J connectivity index is 2.27. The van der Waals surface area contributed by atoms with Crippen LogP contribution in [0.25, 0.3) is 11.4 Å². The topological polar surface area (TPSA) is 70.0 Å². The molecular weight excluding hydrogens is 391 g/mol. The summed E-state index contributed by atoms with van der Waals surface area (Å²) in [7, 11) is 0. The molecule has 1 aromatic heterocycles. The quantitative estimate of drug-likeness (QED) is 0.598. The molecule has 1 atom stereocenters. The minimum Gasteiger partial charge on any atom is -0.484 e. The van der Waals surface area contributed by atoms with Gasteiger partial charge in [-0.05, 0) is 58.0 Å². The summed E-state index contributed by atoms with van der Waals surface area (Å²) in [5.74, 6) is 0.299. The van der Waals surface area contributed by atoms with Crippen LogP contribution in [0.1, 0.15) is 49.3 Å². The second-order valence-corrected chi connectivity index (χ2v) is 7.63. The molecule has 2 bridgehead atoms. The monoisotopic (exact) mass is 420 g/mol. The fourth-order valence-electron chi connectivity index (χ4n) is 3.59. The maximum atomic E-state index is 14.2. The first-order valence-corrected chi connectivity index (χ1v) is 10.4. The minimum atomic E-state index is -0.412. The molecule has 3 rings (SSSR count). The van der Waals surface area contributed by atoms with Gasteiger partial charge < -0.3 is 20.8 Å². The highest BCUT2D eigenvalue weighted by molar-refractivity contribution is 5.90. The van der Waals surface area contributed by atoms with Gasteiger partial charge in [-0.3, -0.25) is 4.98 Å². The van der Waals surface area contributed by atoms with Gasteiger partial charge >= 0.3 is 0 Å². The van der Waals surface area contributed by atoms with Crippen molar-refractivity contribution in [2.45, 2.75) is 33.8 Å². The van der Waals surface area contributed by atoms with Crippen LogP contribution < -0.4 is 15.4 Å². The van der Waals surface area contributed by atoms with E-state index in [1.165, 1.54) is 18.3 Å². The molecular formula is C25H29FN4O. The van der Waals surface area contributed by atoms with Gasteiger partial charge in [-0.15, -0.1) is 0 Å². The van der Waals surface area contributed by atoms with Crippen molar-refractivity contribution < 1.29 is 9.13 Å². The van der Waals surface area contributed by atoms with Crippen molar-refractivity contribution in [3.8, 4) is 5.75 Å². The summed E-state index contributed by atoms with van der Waals surface area (Å²) in [5.41, 5.74) is 6.37. The highest BCUT2D eigenvalue weighted by Crippen LogP contribution is 2.32. The number of halogens is 1. The summed E-state index contributed by atoms with van der Waals surface area (Å²) >= 11 is 0. The molecule has 0 saturated heterocycles. The lowest BCUT2D eigenvalue weighted by molar-refractivity contribution is 0.223. The maximum Gasteiger partial charge on any atom is 0.142 e. The van der Waals surface area contributed by atoms with Gasteiger partial charge in [0.2, 0.25) is 0 Å². The average molecular weight is 421 g/mol. The lowest BCUT2D eigenvalue weighted by atomic mass is 9.98. The second-order valence-electron chi connectivity index (χ2n) is 7.63. The largest absolute Gasteiger partial charge is 0.484 e. The molecule has 1 aliphatic rings. The Morgan fingerprint density at radius 2 is 2.19 bits per heavy atom. The van der Waals surface area contributed by atoms with Gasteiger partial charge in [-0.2, -0.15) is 0 Å². The third-order valence-corrected chi connectivity index (χ3v) is 5.08. The minimum absolute atomic E-state index is 0.325. The standard InChI is InChI=1S/C25H29FN4O/c1-6-28-25-18-10-24(16(4)29-13-18)31-17(5)22-11-20(26)7-8-21(22)23(9-15(2)3)30-14-19(25)12-27/h7-13,17,27-28,30H,2,6,14H2,1,3-5H3/b23-9-,25-19+,27-12?/t17-/m1/s1. The lowest BCUT2D eigenvalue weighted by Crippen LogP contribution is -2.23. The van der Waals surface area contributed by atoms with Crippen LogP contribution in [0.2, 0.25) is 0 Å². The number of nitrogens with one attached hydrogen (secondary N) is 3. The third kappa shape index (κ3) is 5.02. The third-order valence-electron chi connectivity index (χ3n) is 5.08. The Hall–Kier alpha value is -3.41. The summed E-state index contributed by atoms with van der Waals surface area (Å²) in [6.07, 6.45) is 4.63. The van der Waals surface area contributed by atoms with Crippen molar-refractivity contribution in [2.24, 2.45) is 0 Å². The molecule has 0 unspecified atom stereocenters. The fourth-order valence-corrected chi connectivity index (χ4v) is 3.59. The number of pyridine rings is 1. The van der Waals surface area contributed by atoms with Gasteiger partial charge in [0.1, 0.15) is 17.7 Å². The van der Waals surface area contributed by atoms with Crippen LogP contribution in [-0.4, -0.2) is 24.3 Å². The molecule has 3 N–H and O–H groups in total. The molecule has 0 radical (unpaired) electrons. The van der Waals surface area contributed by atoms with Gasteiger partial charge in [0.15, 0.2) is 0 Å². The van der Waals surface area contributed by atoms with Crippen molar-refractivity contribution in [2.75, 3.05) is 13.1 Å². The summed E-state index contributed by atoms with van der Waals surface area (Å²) in [6.45, 7) is 12.8. The van der Waals surface area contributed by atoms with Gasteiger partial charge in [0.05, 0.1) is 5.69 Å². The van der Waals surface area contributed by atoms with Crippen LogP contribution in [-0.2, 0) is 0 Å². The Morgan fingerprint density at radius 1 is 1.42 bits per heavy atom. The van der Waals surface area contributed by atoms with E-state index in [4.69, 9.17) is 10.1 Å². The van der Waals surface area contributed by atoms with Crippen molar-refractivity contribution in [3.63, 3.8) is 0 Å². The zero-order chi connectivity index (χ0) is 22.5. The zero-order valence-corrected chi connectivity index (χ0v) is 18.5. The molecule has 2 heterocycles. The number of allylic oxidation sites excluding steroid dienone is 2. The number of rotatable bonds is 4. The van der Waals surface area contributed by atoms with Crippen LogP contribution in [0.3, 0.4) is 0 Å². The molecule has 0 amide bonds. The van der Waals surface area contributed by atoms with E-state index >= 15 is 0 Å². The lowest BCUT2D eigenvalue weighted by Gasteiger charge is -2.24. The van der Waals surface area contributed by atoms with Crippen LogP contribution in [0.5, 0.6) is 5.75 Å². The van der Waals surface area contributed by atoms with Crippen molar-refractivity contribution >= 4 is 17.6 Å². The number of hydrogen-bond donors (Lipinski definition) is 3. The Kier molecular flexibility index (Phi) is 6.90. The van der Waals surface area contributed by atoms with Crippen LogP contribution >= 0.6 is 0 Å². The highest BCUT2D eigenvalue weighted by Gasteiger charge is 2.20. The van der Waals surface area contributed by atoms with Crippen molar-refractivity contribution in [3.05, 3.63) is 82.5 Å². The van der Waals surface area contributed by atoms with E-state index in [1.54, 1.807) is 12.3 Å². The van der Waals surface area contributed by atoms with E-state index in [1.807, 2.05) is 39.8 Å². The molecule has 162 valence electrons. The summed E-state index contributed by atoms with van der Waals surface area (Å²) < 4.78 is 20.5. The number of aryl methyl sites for hydroxylation is 1. The Labute approximate surface area is 183 Å². The number of ether oxygens (including phenoxy) is 1. The average Bonchev–Trinajstić information content (AvgIpc) is 2.73. The van der Waals surface area contributed by atoms with Crippen molar-refractivity contribution in [1.29, 1.82) is 5.41 Å². The van der Waals surface area contributed by atoms with Gasteiger partial charge in [-0.25, -0.2) is 4.39 Å². The second kappa shape index (κ2) is 9.60. The molecule has 0 fully saturated rings. The molecule has 31 heavy (non-hydrogen) atoms. The smallest absolute Gasteiger partial charge is 0.142 e. The van der Waals surface area contributed by atoms with E-state index < -0.39 is 6.10 Å². The first-order chi connectivity index (χ1) is 14.8. The van der Waals surface area contributed by atoms with E-state index in [0.29, 0.717) is 18.8 Å². The molecule has 0 aliphatic carbocycles. The number of hydrogen-bond acceptors (Lipinski definition) is 5. The van der Waals surface area contributed by atoms with E-state index in [2.05, 4.69) is 22.2 Å². The van der Waals surface area contributed by atoms with Crippen molar-refractivity contribution in [1.82, 2.24) is 15.6 Å². The van der Waals surface area contributed by atoms with E-state index in [0.717, 1.165) is 44.9 Å². The molecule has 2 aromatic rings. The zero-order valence-electron chi connectivity index (χ0n) is 18.5. The van der Waals surface area contributed by atoms with Crippen LogP contribution in [0, 0.1) is 18.2 Å². The van der Waals surface area contributed by atoms with Crippen LogP contribution in [0.4, 0.5) is 4.39 Å². The first kappa shape index (κ1) is 22.3.